The van der Waals surface area contributed by atoms with E-state index < -0.39 is 0 Å². The molecule has 1 aliphatic heterocycles. The number of carbonyl (C=O) groups excluding carboxylic acids is 1. The summed E-state index contributed by atoms with van der Waals surface area (Å²) in [6, 6.07) is 7.75. The first kappa shape index (κ1) is 14.9. The summed E-state index contributed by atoms with van der Waals surface area (Å²) in [5.41, 5.74) is 1.01. The normalized spacial score (nSPS) is 15.8. The van der Waals surface area contributed by atoms with E-state index in [2.05, 4.69) is 5.32 Å². The van der Waals surface area contributed by atoms with Gasteiger partial charge in [0.15, 0.2) is 0 Å². The van der Waals surface area contributed by atoms with Crippen LogP contribution in [0.1, 0.15) is 31.2 Å². The van der Waals surface area contributed by atoms with Crippen LogP contribution in [0.2, 0.25) is 0 Å². The topological polar surface area (TPSA) is 47.6 Å². The molecule has 4 heteroatoms. The van der Waals surface area contributed by atoms with E-state index in [1.807, 2.05) is 24.3 Å². The fourth-order valence-electron chi connectivity index (χ4n) is 2.50. The van der Waals surface area contributed by atoms with Crippen LogP contribution in [0.25, 0.3) is 0 Å². The van der Waals surface area contributed by atoms with E-state index in [0.29, 0.717) is 18.9 Å². The number of benzene rings is 1. The van der Waals surface area contributed by atoms with Crippen molar-refractivity contribution in [3.63, 3.8) is 0 Å². The Labute approximate surface area is 120 Å². The molecule has 0 radical (unpaired) electrons. The molecule has 0 aliphatic carbocycles. The molecule has 1 aromatic carbocycles. The molecule has 0 bridgehead atoms. The maximum absolute atomic E-state index is 11.9. The predicted octanol–water partition coefficient (Wildman–Crippen LogP) is 2.52. The van der Waals surface area contributed by atoms with E-state index in [0.717, 1.165) is 43.8 Å². The highest BCUT2D eigenvalue weighted by atomic mass is 16.5. The SMILES string of the molecule is COc1ccccc1CNC(=O)CCC1CCOCC1. The van der Waals surface area contributed by atoms with Crippen LogP contribution in [0.3, 0.4) is 0 Å². The third-order valence-corrected chi connectivity index (χ3v) is 3.79. The molecule has 1 N–H and O–H groups in total. The Morgan fingerprint density at radius 3 is 2.85 bits per heavy atom. The van der Waals surface area contributed by atoms with E-state index in [1.165, 1.54) is 0 Å². The summed E-state index contributed by atoms with van der Waals surface area (Å²) < 4.78 is 10.6. The van der Waals surface area contributed by atoms with Crippen LogP contribution in [0.5, 0.6) is 5.75 Å². The fraction of sp³-hybridized carbons (Fsp3) is 0.562. The second-order valence-electron chi connectivity index (χ2n) is 5.18. The van der Waals surface area contributed by atoms with Gasteiger partial charge in [0.25, 0.3) is 0 Å². The van der Waals surface area contributed by atoms with Crippen molar-refractivity contribution in [1.29, 1.82) is 0 Å². The second kappa shape index (κ2) is 7.90. The van der Waals surface area contributed by atoms with E-state index in [1.54, 1.807) is 7.11 Å². The summed E-state index contributed by atoms with van der Waals surface area (Å²) in [5.74, 6) is 1.57. The number of carbonyl (C=O) groups is 1. The van der Waals surface area contributed by atoms with Gasteiger partial charge in [-0.3, -0.25) is 4.79 Å². The third kappa shape index (κ3) is 4.53. The quantitative estimate of drug-likeness (QED) is 0.869. The van der Waals surface area contributed by atoms with Gasteiger partial charge in [-0.15, -0.1) is 0 Å². The maximum Gasteiger partial charge on any atom is 0.220 e. The highest BCUT2D eigenvalue weighted by Crippen LogP contribution is 2.20. The first-order chi connectivity index (χ1) is 9.79. The molecule has 110 valence electrons. The summed E-state index contributed by atoms with van der Waals surface area (Å²) in [4.78, 5) is 11.9. The van der Waals surface area contributed by atoms with Gasteiger partial charge >= 0.3 is 0 Å². The van der Waals surface area contributed by atoms with Gasteiger partial charge in [-0.1, -0.05) is 18.2 Å². The van der Waals surface area contributed by atoms with Gasteiger partial charge in [-0.2, -0.15) is 0 Å². The first-order valence-electron chi connectivity index (χ1n) is 7.26. The highest BCUT2D eigenvalue weighted by Gasteiger charge is 2.15. The number of rotatable bonds is 6. The van der Waals surface area contributed by atoms with Crippen molar-refractivity contribution in [1.82, 2.24) is 5.32 Å². The van der Waals surface area contributed by atoms with E-state index in [-0.39, 0.29) is 5.91 Å². The van der Waals surface area contributed by atoms with Crippen LogP contribution >= 0.6 is 0 Å². The first-order valence-corrected chi connectivity index (χ1v) is 7.26. The number of methoxy groups -OCH3 is 1. The molecule has 1 aliphatic rings. The molecule has 1 amide bonds. The number of amides is 1. The van der Waals surface area contributed by atoms with Crippen LogP contribution in [0.4, 0.5) is 0 Å². The van der Waals surface area contributed by atoms with Crippen molar-refractivity contribution in [2.45, 2.75) is 32.2 Å². The molecule has 1 heterocycles. The molecular formula is C16H23NO3. The number of para-hydroxylation sites is 1. The van der Waals surface area contributed by atoms with Gasteiger partial charge in [-0.05, 0) is 31.2 Å². The lowest BCUT2D eigenvalue weighted by atomic mass is 9.95. The summed E-state index contributed by atoms with van der Waals surface area (Å²) in [6.45, 7) is 2.21. The average Bonchev–Trinajstić information content (AvgIpc) is 2.52. The zero-order valence-corrected chi connectivity index (χ0v) is 12.1. The number of nitrogens with one attached hydrogen (secondary N) is 1. The number of hydrogen-bond donors (Lipinski definition) is 1. The van der Waals surface area contributed by atoms with Crippen LogP contribution in [-0.4, -0.2) is 26.2 Å². The Morgan fingerprint density at radius 1 is 1.35 bits per heavy atom. The zero-order chi connectivity index (χ0) is 14.2. The standard InChI is InChI=1S/C16H23NO3/c1-19-15-5-3-2-4-14(15)12-17-16(18)7-6-13-8-10-20-11-9-13/h2-5,13H,6-12H2,1H3,(H,17,18). The molecule has 1 saturated heterocycles. The molecular weight excluding hydrogens is 254 g/mol. The largest absolute Gasteiger partial charge is 0.496 e. The predicted molar refractivity (Wildman–Crippen MR) is 77.6 cm³/mol. The fourth-order valence-corrected chi connectivity index (χ4v) is 2.50. The van der Waals surface area contributed by atoms with Crippen LogP contribution in [0, 0.1) is 5.92 Å². The molecule has 0 unspecified atom stereocenters. The van der Waals surface area contributed by atoms with Crippen LogP contribution in [0.15, 0.2) is 24.3 Å². The van der Waals surface area contributed by atoms with Crippen molar-refractivity contribution < 1.29 is 14.3 Å². The minimum atomic E-state index is 0.113. The van der Waals surface area contributed by atoms with Crippen LogP contribution < -0.4 is 10.1 Å². The molecule has 0 spiro atoms. The molecule has 1 aromatic rings. The maximum atomic E-state index is 11.9. The smallest absolute Gasteiger partial charge is 0.220 e. The third-order valence-electron chi connectivity index (χ3n) is 3.79. The molecule has 0 aromatic heterocycles. The van der Waals surface area contributed by atoms with E-state index in [4.69, 9.17) is 9.47 Å². The minimum Gasteiger partial charge on any atom is -0.496 e. The summed E-state index contributed by atoms with van der Waals surface area (Å²) in [5, 5.41) is 2.96. The van der Waals surface area contributed by atoms with Gasteiger partial charge in [0.1, 0.15) is 5.75 Å². The molecule has 4 nitrogen and oxygen atoms in total. The lowest BCUT2D eigenvalue weighted by Gasteiger charge is -2.21. The Balaban J connectivity index is 1.71. The van der Waals surface area contributed by atoms with Crippen molar-refractivity contribution >= 4 is 5.91 Å². The van der Waals surface area contributed by atoms with Gasteiger partial charge in [-0.25, -0.2) is 0 Å². The summed E-state index contributed by atoms with van der Waals surface area (Å²) >= 11 is 0. The highest BCUT2D eigenvalue weighted by molar-refractivity contribution is 5.75. The number of ether oxygens (including phenoxy) is 2. The van der Waals surface area contributed by atoms with Crippen molar-refractivity contribution in [3.05, 3.63) is 29.8 Å². The van der Waals surface area contributed by atoms with Crippen molar-refractivity contribution in [3.8, 4) is 5.75 Å². The van der Waals surface area contributed by atoms with Gasteiger partial charge in [0, 0.05) is 31.7 Å². The molecule has 2 rings (SSSR count). The monoisotopic (exact) mass is 277 g/mol. The Kier molecular flexibility index (Phi) is 5.87. The molecule has 0 saturated carbocycles. The Hall–Kier alpha value is -1.55. The van der Waals surface area contributed by atoms with Crippen molar-refractivity contribution in [2.75, 3.05) is 20.3 Å². The summed E-state index contributed by atoms with van der Waals surface area (Å²) in [7, 11) is 1.64. The Morgan fingerprint density at radius 2 is 2.10 bits per heavy atom. The van der Waals surface area contributed by atoms with Gasteiger partial charge in [0.2, 0.25) is 5.91 Å². The second-order valence-corrected chi connectivity index (χ2v) is 5.18. The lowest BCUT2D eigenvalue weighted by Crippen LogP contribution is -2.24. The molecule has 0 atom stereocenters. The van der Waals surface area contributed by atoms with Crippen LogP contribution in [-0.2, 0) is 16.1 Å². The average molecular weight is 277 g/mol. The number of hydrogen-bond acceptors (Lipinski definition) is 3. The minimum absolute atomic E-state index is 0.113. The molecule has 20 heavy (non-hydrogen) atoms. The van der Waals surface area contributed by atoms with Crippen molar-refractivity contribution in [2.24, 2.45) is 5.92 Å². The lowest BCUT2D eigenvalue weighted by molar-refractivity contribution is -0.121. The van der Waals surface area contributed by atoms with Gasteiger partial charge < -0.3 is 14.8 Å². The zero-order valence-electron chi connectivity index (χ0n) is 12.1. The Bertz CT molecular complexity index is 427. The van der Waals surface area contributed by atoms with Gasteiger partial charge in [0.05, 0.1) is 7.11 Å². The van der Waals surface area contributed by atoms with E-state index >= 15 is 0 Å². The summed E-state index contributed by atoms with van der Waals surface area (Å²) in [6.07, 6.45) is 3.72. The molecule has 1 fully saturated rings. The van der Waals surface area contributed by atoms with E-state index in [9.17, 15) is 4.79 Å².